The summed E-state index contributed by atoms with van der Waals surface area (Å²) in [5.74, 6) is -1.80. The molecule has 16 heavy (non-hydrogen) atoms. The van der Waals surface area contributed by atoms with Crippen molar-refractivity contribution in [1.82, 2.24) is 0 Å². The van der Waals surface area contributed by atoms with E-state index in [1.54, 1.807) is 20.8 Å². The van der Waals surface area contributed by atoms with Crippen molar-refractivity contribution in [3.63, 3.8) is 0 Å². The van der Waals surface area contributed by atoms with E-state index in [0.29, 0.717) is 6.42 Å². The van der Waals surface area contributed by atoms with Crippen molar-refractivity contribution >= 4 is 23.5 Å². The van der Waals surface area contributed by atoms with Crippen LogP contribution in [-0.4, -0.2) is 30.0 Å². The minimum absolute atomic E-state index is 0.184. The molecule has 0 bridgehead atoms. The van der Waals surface area contributed by atoms with Crippen molar-refractivity contribution in [2.75, 3.05) is 13.2 Å². The smallest absolute Gasteiger partial charge is 0.339 e. The molecule has 0 aromatic rings. The maximum atomic E-state index is 11.7. The molecule has 0 fully saturated rings. The SMILES string of the molecule is CCOC(=O)C(Cl)(C(=O)OCC)C(C)CC. The third-order valence-corrected chi connectivity index (χ3v) is 3.12. The average Bonchev–Trinajstić information content (AvgIpc) is 2.27. The van der Waals surface area contributed by atoms with Gasteiger partial charge in [-0.3, -0.25) is 0 Å². The van der Waals surface area contributed by atoms with Gasteiger partial charge >= 0.3 is 11.9 Å². The number of esters is 2. The molecule has 0 N–H and O–H groups in total. The molecule has 0 aromatic carbocycles. The van der Waals surface area contributed by atoms with Gasteiger partial charge in [-0.1, -0.05) is 31.9 Å². The molecule has 0 spiro atoms. The summed E-state index contributed by atoms with van der Waals surface area (Å²) in [6.07, 6.45) is 0.584. The van der Waals surface area contributed by atoms with Crippen molar-refractivity contribution in [1.29, 1.82) is 0 Å². The van der Waals surface area contributed by atoms with Crippen molar-refractivity contribution < 1.29 is 19.1 Å². The van der Waals surface area contributed by atoms with E-state index in [9.17, 15) is 9.59 Å². The molecule has 0 aliphatic heterocycles. The fourth-order valence-electron chi connectivity index (χ4n) is 1.24. The van der Waals surface area contributed by atoms with Crippen LogP contribution in [0.3, 0.4) is 0 Å². The number of halogens is 1. The lowest BCUT2D eigenvalue weighted by Crippen LogP contribution is -2.49. The second-order valence-electron chi connectivity index (χ2n) is 3.46. The van der Waals surface area contributed by atoms with Gasteiger partial charge in [0.25, 0.3) is 0 Å². The van der Waals surface area contributed by atoms with Gasteiger partial charge in [0.05, 0.1) is 13.2 Å². The summed E-state index contributed by atoms with van der Waals surface area (Å²) in [5, 5.41) is 0. The first-order valence-corrected chi connectivity index (χ1v) is 5.86. The van der Waals surface area contributed by atoms with Gasteiger partial charge in [-0.05, 0) is 19.8 Å². The highest BCUT2D eigenvalue weighted by Crippen LogP contribution is 2.31. The third-order valence-electron chi connectivity index (χ3n) is 2.44. The Hall–Kier alpha value is -0.770. The molecular weight excluding hydrogens is 232 g/mol. The lowest BCUT2D eigenvalue weighted by Gasteiger charge is -2.27. The summed E-state index contributed by atoms with van der Waals surface area (Å²) in [6, 6.07) is 0. The van der Waals surface area contributed by atoms with Gasteiger partial charge in [0.1, 0.15) is 0 Å². The molecule has 1 atom stereocenters. The number of hydrogen-bond donors (Lipinski definition) is 0. The Kier molecular flexibility index (Phi) is 6.41. The quantitative estimate of drug-likeness (QED) is 0.412. The summed E-state index contributed by atoms with van der Waals surface area (Å²) in [4.78, 5) is 21.7. The molecule has 0 amide bonds. The lowest BCUT2D eigenvalue weighted by molar-refractivity contribution is -0.161. The molecule has 0 heterocycles. The van der Waals surface area contributed by atoms with Crippen LogP contribution in [0.25, 0.3) is 0 Å². The number of hydrogen-bond acceptors (Lipinski definition) is 4. The zero-order valence-corrected chi connectivity index (χ0v) is 11.0. The molecule has 0 saturated carbocycles. The predicted octanol–water partition coefficient (Wildman–Crippen LogP) is 2.14. The zero-order chi connectivity index (χ0) is 12.8. The van der Waals surface area contributed by atoms with E-state index in [1.165, 1.54) is 0 Å². The molecular formula is C11H19ClO4. The van der Waals surface area contributed by atoms with Gasteiger partial charge < -0.3 is 9.47 Å². The van der Waals surface area contributed by atoms with Crippen molar-refractivity contribution in [2.24, 2.45) is 5.92 Å². The van der Waals surface area contributed by atoms with Crippen LogP contribution in [0, 0.1) is 5.92 Å². The van der Waals surface area contributed by atoms with E-state index in [4.69, 9.17) is 21.1 Å². The van der Waals surface area contributed by atoms with Gasteiger partial charge in [-0.2, -0.15) is 0 Å². The van der Waals surface area contributed by atoms with E-state index in [0.717, 1.165) is 0 Å². The monoisotopic (exact) mass is 250 g/mol. The Morgan fingerprint density at radius 2 is 1.50 bits per heavy atom. The summed E-state index contributed by atoms with van der Waals surface area (Å²) in [7, 11) is 0. The summed E-state index contributed by atoms with van der Waals surface area (Å²) in [5.41, 5.74) is 0. The number of alkyl halides is 1. The number of ether oxygens (including phenoxy) is 2. The van der Waals surface area contributed by atoms with Crippen LogP contribution in [0.15, 0.2) is 0 Å². The maximum absolute atomic E-state index is 11.7. The second-order valence-corrected chi connectivity index (χ2v) is 4.06. The normalized spacial score (nSPS) is 13.1. The molecule has 1 unspecified atom stereocenters. The molecule has 0 radical (unpaired) electrons. The highest BCUT2D eigenvalue weighted by atomic mass is 35.5. The number of carbonyl (C=O) groups excluding carboxylic acids is 2. The van der Waals surface area contributed by atoms with Crippen LogP contribution in [0.4, 0.5) is 0 Å². The topological polar surface area (TPSA) is 52.6 Å². The fourth-order valence-corrected chi connectivity index (χ4v) is 1.50. The average molecular weight is 251 g/mol. The lowest BCUT2D eigenvalue weighted by atomic mass is 9.91. The number of carbonyl (C=O) groups is 2. The summed E-state index contributed by atoms with van der Waals surface area (Å²) >= 11 is 6.10. The highest BCUT2D eigenvalue weighted by Gasteiger charge is 2.51. The van der Waals surface area contributed by atoms with E-state index in [1.807, 2.05) is 6.92 Å². The van der Waals surface area contributed by atoms with Crippen LogP contribution in [0.2, 0.25) is 0 Å². The van der Waals surface area contributed by atoms with Gasteiger partial charge in [-0.15, -0.1) is 0 Å². The van der Waals surface area contributed by atoms with Gasteiger partial charge in [0.2, 0.25) is 4.87 Å². The van der Waals surface area contributed by atoms with Crippen LogP contribution >= 0.6 is 11.6 Å². The fraction of sp³-hybridized carbons (Fsp3) is 0.818. The zero-order valence-electron chi connectivity index (χ0n) is 10.2. The van der Waals surface area contributed by atoms with Crippen molar-refractivity contribution in [2.45, 2.75) is 39.0 Å². The van der Waals surface area contributed by atoms with E-state index in [-0.39, 0.29) is 19.1 Å². The van der Waals surface area contributed by atoms with Gasteiger partial charge in [0.15, 0.2) is 0 Å². The first kappa shape index (κ1) is 15.2. The van der Waals surface area contributed by atoms with Gasteiger partial charge in [-0.25, -0.2) is 9.59 Å². The van der Waals surface area contributed by atoms with E-state index in [2.05, 4.69) is 0 Å². The van der Waals surface area contributed by atoms with Crippen LogP contribution < -0.4 is 0 Å². The van der Waals surface area contributed by atoms with E-state index >= 15 is 0 Å². The van der Waals surface area contributed by atoms with E-state index < -0.39 is 16.8 Å². The Bertz CT molecular complexity index is 234. The Labute approximate surface area is 101 Å². The summed E-state index contributed by atoms with van der Waals surface area (Å²) in [6.45, 7) is 7.27. The summed E-state index contributed by atoms with van der Waals surface area (Å²) < 4.78 is 9.65. The molecule has 0 saturated heterocycles. The molecule has 5 heteroatoms. The maximum Gasteiger partial charge on any atom is 0.339 e. The minimum atomic E-state index is -1.72. The standard InChI is InChI=1S/C11H19ClO4/c1-5-8(4)11(12,9(13)15-6-2)10(14)16-7-3/h8H,5-7H2,1-4H3. The second kappa shape index (κ2) is 6.74. The van der Waals surface area contributed by atoms with Crippen LogP contribution in [0.5, 0.6) is 0 Å². The largest absolute Gasteiger partial charge is 0.464 e. The molecule has 0 aliphatic carbocycles. The molecule has 0 aliphatic rings. The Morgan fingerprint density at radius 3 is 1.75 bits per heavy atom. The van der Waals surface area contributed by atoms with Crippen LogP contribution in [-0.2, 0) is 19.1 Å². The molecule has 4 nitrogen and oxygen atoms in total. The Balaban J connectivity index is 5.02. The van der Waals surface area contributed by atoms with Crippen LogP contribution in [0.1, 0.15) is 34.1 Å². The molecule has 0 aromatic heterocycles. The van der Waals surface area contributed by atoms with Crippen molar-refractivity contribution in [3.8, 4) is 0 Å². The van der Waals surface area contributed by atoms with Gasteiger partial charge in [0, 0.05) is 0 Å². The first-order chi connectivity index (χ1) is 7.44. The predicted molar refractivity (Wildman–Crippen MR) is 61.3 cm³/mol. The minimum Gasteiger partial charge on any atom is -0.464 e. The molecule has 94 valence electrons. The first-order valence-electron chi connectivity index (χ1n) is 5.48. The molecule has 0 rings (SSSR count). The number of rotatable bonds is 6. The third kappa shape index (κ3) is 3.11. The highest BCUT2D eigenvalue weighted by molar-refractivity contribution is 6.44. The Morgan fingerprint density at radius 1 is 1.12 bits per heavy atom. The van der Waals surface area contributed by atoms with Crippen molar-refractivity contribution in [3.05, 3.63) is 0 Å².